The standard InChI is InChI=1S/C43H32N2Si/c1-43(2)37-17-8-6-15-33(37)35-26-36-34-16-7-9-18-39(34)45(40(36)27-38(35)43)42-44-24-23-41(46-42)32-14-10-13-31(25-32)30-21-19-29(20-22-30)28-11-4-3-5-12-28/h3-27,41H,1-2H3. The third-order valence-electron chi connectivity index (χ3n) is 9.92. The van der Waals surface area contributed by atoms with E-state index in [1.807, 2.05) is 6.20 Å². The van der Waals surface area contributed by atoms with Gasteiger partial charge < -0.3 is 4.57 Å². The summed E-state index contributed by atoms with van der Waals surface area (Å²) in [5.74, 6) is 0. The van der Waals surface area contributed by atoms with Gasteiger partial charge in [0.1, 0.15) is 9.52 Å². The first-order valence-electron chi connectivity index (χ1n) is 16.0. The summed E-state index contributed by atoms with van der Waals surface area (Å²) in [6.45, 7) is 4.72. The lowest BCUT2D eigenvalue weighted by molar-refractivity contribution is 0.661. The predicted octanol–water partition coefficient (Wildman–Crippen LogP) is 10.6. The molecule has 9 rings (SSSR count). The predicted molar refractivity (Wildman–Crippen MR) is 195 cm³/mol. The van der Waals surface area contributed by atoms with Gasteiger partial charge in [-0.1, -0.05) is 141 Å². The maximum atomic E-state index is 5.05. The normalized spacial score (nSPS) is 16.4. The number of hydrogen-bond donors (Lipinski definition) is 0. The van der Waals surface area contributed by atoms with Crippen LogP contribution in [-0.4, -0.2) is 19.5 Å². The van der Waals surface area contributed by atoms with E-state index in [0.717, 1.165) is 5.46 Å². The van der Waals surface area contributed by atoms with Crippen molar-refractivity contribution in [3.63, 3.8) is 0 Å². The Morgan fingerprint density at radius 3 is 2.11 bits per heavy atom. The minimum absolute atomic E-state index is 0.0553. The Morgan fingerprint density at radius 2 is 1.26 bits per heavy atom. The number of fused-ring (bicyclic) bond motifs is 6. The average Bonchev–Trinajstić information content (AvgIpc) is 3.56. The van der Waals surface area contributed by atoms with Crippen molar-refractivity contribution in [2.75, 3.05) is 0 Å². The van der Waals surface area contributed by atoms with Crippen LogP contribution < -0.4 is 0 Å². The summed E-state index contributed by atoms with van der Waals surface area (Å²) in [4.78, 5) is 5.05. The van der Waals surface area contributed by atoms with Gasteiger partial charge in [0.15, 0.2) is 0 Å². The molecule has 1 aliphatic heterocycles. The third-order valence-corrected chi connectivity index (χ3v) is 11.4. The van der Waals surface area contributed by atoms with Crippen molar-refractivity contribution in [1.29, 1.82) is 0 Å². The van der Waals surface area contributed by atoms with Crippen LogP contribution in [0.4, 0.5) is 0 Å². The van der Waals surface area contributed by atoms with E-state index in [-0.39, 0.29) is 11.0 Å². The molecule has 6 aromatic carbocycles. The van der Waals surface area contributed by atoms with Crippen LogP contribution in [0, 0.1) is 0 Å². The van der Waals surface area contributed by atoms with Crippen molar-refractivity contribution in [3.8, 4) is 33.4 Å². The summed E-state index contributed by atoms with van der Waals surface area (Å²) in [5, 5.41) is 2.57. The SMILES string of the molecule is CC1(C)c2ccccc2-c2cc3c4ccccc4n(C4=NC=CC(c5cccc(-c6ccc(-c7ccccc7)cc6)c5)[Si]4)c3cc21. The van der Waals surface area contributed by atoms with Crippen molar-refractivity contribution >= 4 is 36.8 Å². The van der Waals surface area contributed by atoms with E-state index >= 15 is 0 Å². The molecule has 46 heavy (non-hydrogen) atoms. The molecular weight excluding hydrogens is 573 g/mol. The molecule has 2 radical (unpaired) electrons. The zero-order chi connectivity index (χ0) is 30.8. The molecule has 1 aromatic heterocycles. The molecule has 3 heteroatoms. The number of aliphatic imine (C=N–C) groups is 1. The molecule has 0 fully saturated rings. The molecular formula is C43H32N2Si. The van der Waals surface area contributed by atoms with Crippen molar-refractivity contribution < 1.29 is 0 Å². The number of nitrogens with zero attached hydrogens (tertiary/aromatic N) is 2. The van der Waals surface area contributed by atoms with Gasteiger partial charge in [-0.15, -0.1) is 0 Å². The number of rotatable bonds is 3. The first kappa shape index (κ1) is 27.1. The fourth-order valence-corrected chi connectivity index (χ4v) is 8.86. The van der Waals surface area contributed by atoms with Crippen LogP contribution in [0.3, 0.4) is 0 Å². The molecule has 0 saturated carbocycles. The topological polar surface area (TPSA) is 17.3 Å². The fourth-order valence-electron chi connectivity index (χ4n) is 7.53. The summed E-state index contributed by atoms with van der Waals surface area (Å²) in [7, 11) is 0.506. The van der Waals surface area contributed by atoms with Crippen LogP contribution in [0.15, 0.2) is 157 Å². The van der Waals surface area contributed by atoms with Crippen LogP contribution in [0.2, 0.25) is 0 Å². The zero-order valence-corrected chi connectivity index (χ0v) is 26.9. The van der Waals surface area contributed by atoms with E-state index < -0.39 is 0 Å². The first-order chi connectivity index (χ1) is 22.6. The summed E-state index contributed by atoms with van der Waals surface area (Å²) in [6, 6.07) is 51.2. The number of benzene rings is 6. The van der Waals surface area contributed by atoms with Gasteiger partial charge in [-0.2, -0.15) is 0 Å². The van der Waals surface area contributed by atoms with Crippen molar-refractivity contribution in [2.24, 2.45) is 4.99 Å². The number of hydrogen-bond acceptors (Lipinski definition) is 1. The number of para-hydroxylation sites is 1. The van der Waals surface area contributed by atoms with Gasteiger partial charge in [-0.25, -0.2) is 4.99 Å². The average molecular weight is 605 g/mol. The third kappa shape index (κ3) is 4.19. The lowest BCUT2D eigenvalue weighted by atomic mass is 9.82. The van der Waals surface area contributed by atoms with Crippen LogP contribution >= 0.6 is 0 Å². The van der Waals surface area contributed by atoms with E-state index in [4.69, 9.17) is 4.99 Å². The molecule has 0 N–H and O–H groups in total. The highest BCUT2D eigenvalue weighted by Crippen LogP contribution is 2.50. The molecule has 2 heterocycles. The molecule has 2 nitrogen and oxygen atoms in total. The number of aromatic nitrogens is 1. The quantitative estimate of drug-likeness (QED) is 0.179. The summed E-state index contributed by atoms with van der Waals surface area (Å²) < 4.78 is 2.44. The summed E-state index contributed by atoms with van der Waals surface area (Å²) in [6.07, 6.45) is 4.29. The first-order valence-corrected chi connectivity index (χ1v) is 17.1. The van der Waals surface area contributed by atoms with E-state index in [0.29, 0.717) is 9.52 Å². The van der Waals surface area contributed by atoms with Gasteiger partial charge in [-0.05, 0) is 68.3 Å². The molecule has 0 amide bonds. The van der Waals surface area contributed by atoms with E-state index in [1.54, 1.807) is 0 Å². The Kier molecular flexibility index (Phi) is 6.12. The Hall–Kier alpha value is -5.25. The van der Waals surface area contributed by atoms with Crippen molar-refractivity contribution in [1.82, 2.24) is 4.57 Å². The summed E-state index contributed by atoms with van der Waals surface area (Å²) >= 11 is 0. The molecule has 0 bridgehead atoms. The van der Waals surface area contributed by atoms with Crippen molar-refractivity contribution in [3.05, 3.63) is 168 Å². The molecule has 1 aliphatic carbocycles. The molecule has 7 aromatic rings. The maximum absolute atomic E-state index is 5.05. The molecule has 1 atom stereocenters. The van der Waals surface area contributed by atoms with Gasteiger partial charge in [0.2, 0.25) is 0 Å². The largest absolute Gasteiger partial charge is 0.302 e. The molecule has 2 aliphatic rings. The van der Waals surface area contributed by atoms with Crippen LogP contribution in [-0.2, 0) is 5.41 Å². The Morgan fingerprint density at radius 1 is 0.565 bits per heavy atom. The van der Waals surface area contributed by atoms with Crippen LogP contribution in [0.25, 0.3) is 55.2 Å². The van der Waals surface area contributed by atoms with E-state index in [2.05, 4.69) is 164 Å². The molecule has 218 valence electrons. The highest BCUT2D eigenvalue weighted by atomic mass is 28.2. The van der Waals surface area contributed by atoms with E-state index in [9.17, 15) is 0 Å². The molecule has 0 saturated heterocycles. The van der Waals surface area contributed by atoms with Crippen LogP contribution in [0.1, 0.15) is 36.1 Å². The number of allylic oxidation sites excluding steroid dienone is 1. The monoisotopic (exact) mass is 604 g/mol. The van der Waals surface area contributed by atoms with Crippen LogP contribution in [0.5, 0.6) is 0 Å². The van der Waals surface area contributed by atoms with Gasteiger partial charge in [-0.3, -0.25) is 0 Å². The van der Waals surface area contributed by atoms with Gasteiger partial charge in [0, 0.05) is 27.9 Å². The second-order valence-electron chi connectivity index (χ2n) is 12.9. The smallest absolute Gasteiger partial charge is 0.146 e. The Bertz CT molecular complexity index is 2360. The lowest BCUT2D eigenvalue weighted by Gasteiger charge is -2.22. The van der Waals surface area contributed by atoms with Gasteiger partial charge >= 0.3 is 0 Å². The highest BCUT2D eigenvalue weighted by Gasteiger charge is 2.36. The van der Waals surface area contributed by atoms with Gasteiger partial charge in [0.25, 0.3) is 0 Å². The molecule has 1 unspecified atom stereocenters. The van der Waals surface area contributed by atoms with Crippen molar-refractivity contribution in [2.45, 2.75) is 24.8 Å². The maximum Gasteiger partial charge on any atom is 0.146 e. The second kappa shape index (κ2) is 10.4. The highest BCUT2D eigenvalue weighted by molar-refractivity contribution is 6.77. The fraction of sp³-hybridized carbons (Fsp3) is 0.0930. The second-order valence-corrected chi connectivity index (χ2v) is 14.3. The minimum Gasteiger partial charge on any atom is -0.302 e. The Balaban J connectivity index is 1.09. The molecule has 0 spiro atoms. The van der Waals surface area contributed by atoms with Gasteiger partial charge in [0.05, 0.1) is 16.5 Å². The zero-order valence-electron chi connectivity index (χ0n) is 25.9. The Labute approximate surface area is 272 Å². The van der Waals surface area contributed by atoms with E-state index in [1.165, 1.54) is 71.9 Å². The minimum atomic E-state index is -0.0553. The summed E-state index contributed by atoms with van der Waals surface area (Å²) in [5.41, 5.74) is 15.6. The lowest BCUT2D eigenvalue weighted by Crippen LogP contribution is -2.26.